The minimum atomic E-state index is 0.105. The van der Waals surface area contributed by atoms with Gasteiger partial charge in [0, 0.05) is 26.2 Å². The monoisotopic (exact) mass is 320 g/mol. The van der Waals surface area contributed by atoms with E-state index in [9.17, 15) is 4.79 Å². The predicted molar refractivity (Wildman–Crippen MR) is 94.9 cm³/mol. The number of nitrogens with one attached hydrogen (secondary N) is 1. The molecule has 1 aromatic rings. The van der Waals surface area contributed by atoms with E-state index in [4.69, 9.17) is 0 Å². The number of hydrogen-bond donors (Lipinski definition) is 1. The maximum absolute atomic E-state index is 11.5. The Kier molecular flexibility index (Phi) is 6.77. The molecule has 1 aromatic carbocycles. The zero-order valence-corrected chi connectivity index (χ0v) is 14.8. The van der Waals surface area contributed by atoms with E-state index in [-0.39, 0.29) is 5.91 Å². The Morgan fingerprint density at radius 2 is 1.77 bits per heavy atom. The first-order chi connectivity index (χ1) is 10.6. The molecule has 2 atom stereocenters. The van der Waals surface area contributed by atoms with Crippen LogP contribution in [0.25, 0.3) is 0 Å². The Labute approximate surface area is 138 Å². The van der Waals surface area contributed by atoms with Gasteiger partial charge in [0.1, 0.15) is 0 Å². The van der Waals surface area contributed by atoms with Crippen molar-refractivity contribution in [3.8, 4) is 0 Å². The molecule has 22 heavy (non-hydrogen) atoms. The molecule has 0 radical (unpaired) electrons. The maximum Gasteiger partial charge on any atom is 0.230 e. The summed E-state index contributed by atoms with van der Waals surface area (Å²) in [6.07, 6.45) is 3.29. The third-order valence-electron chi connectivity index (χ3n) is 4.14. The van der Waals surface area contributed by atoms with E-state index in [2.05, 4.69) is 48.3 Å². The Hall–Kier alpha value is -1.00. The zero-order chi connectivity index (χ0) is 15.9. The molecule has 1 saturated heterocycles. The second kappa shape index (κ2) is 8.59. The average Bonchev–Trinajstić information content (AvgIpc) is 2.46. The van der Waals surface area contributed by atoms with E-state index >= 15 is 0 Å². The molecule has 3 nitrogen and oxygen atoms in total. The quantitative estimate of drug-likeness (QED) is 0.874. The molecule has 0 aliphatic carbocycles. The van der Waals surface area contributed by atoms with Gasteiger partial charge in [0.15, 0.2) is 0 Å². The molecule has 0 spiro atoms. The Balaban J connectivity index is 1.82. The van der Waals surface area contributed by atoms with Crippen molar-refractivity contribution in [1.82, 2.24) is 10.2 Å². The van der Waals surface area contributed by atoms with Crippen LogP contribution in [0.15, 0.2) is 24.3 Å². The molecule has 1 aliphatic heterocycles. The molecule has 0 bridgehead atoms. The molecule has 1 amide bonds. The van der Waals surface area contributed by atoms with Gasteiger partial charge in [-0.1, -0.05) is 38.1 Å². The third-order valence-corrected chi connectivity index (χ3v) is 4.69. The van der Waals surface area contributed by atoms with Gasteiger partial charge in [-0.2, -0.15) is 11.8 Å². The summed E-state index contributed by atoms with van der Waals surface area (Å²) in [5.74, 6) is 2.24. The van der Waals surface area contributed by atoms with Gasteiger partial charge in [-0.3, -0.25) is 9.69 Å². The summed E-state index contributed by atoms with van der Waals surface area (Å²) in [4.78, 5) is 14.0. The van der Waals surface area contributed by atoms with Crippen molar-refractivity contribution in [3.63, 3.8) is 0 Å². The van der Waals surface area contributed by atoms with E-state index < -0.39 is 0 Å². The summed E-state index contributed by atoms with van der Waals surface area (Å²) in [6.45, 7) is 8.77. The van der Waals surface area contributed by atoms with Crippen LogP contribution in [0.1, 0.15) is 31.4 Å². The number of thioether (sulfide) groups is 1. The van der Waals surface area contributed by atoms with Gasteiger partial charge in [0.25, 0.3) is 0 Å². The minimum absolute atomic E-state index is 0.105. The van der Waals surface area contributed by atoms with Crippen LogP contribution in [-0.2, 0) is 17.9 Å². The number of amides is 1. The van der Waals surface area contributed by atoms with Gasteiger partial charge in [-0.25, -0.2) is 0 Å². The predicted octanol–water partition coefficient (Wildman–Crippen LogP) is 3.14. The van der Waals surface area contributed by atoms with Gasteiger partial charge in [-0.15, -0.1) is 0 Å². The molecule has 1 aliphatic rings. The van der Waals surface area contributed by atoms with Crippen LogP contribution in [0.5, 0.6) is 0 Å². The molecule has 2 unspecified atom stereocenters. The van der Waals surface area contributed by atoms with Crippen LogP contribution >= 0.6 is 11.8 Å². The normalized spacial score (nSPS) is 22.5. The lowest BCUT2D eigenvalue weighted by molar-refractivity contribution is -0.118. The van der Waals surface area contributed by atoms with Gasteiger partial charge in [0.05, 0.1) is 5.75 Å². The SMILES string of the molecule is CSCC(=O)NCc1ccc(CN2CC(C)CC(C)C2)cc1. The van der Waals surface area contributed by atoms with E-state index in [1.54, 1.807) is 11.8 Å². The van der Waals surface area contributed by atoms with Gasteiger partial charge in [-0.05, 0) is 35.6 Å². The van der Waals surface area contributed by atoms with E-state index in [0.29, 0.717) is 12.3 Å². The van der Waals surface area contributed by atoms with Crippen molar-refractivity contribution in [2.75, 3.05) is 25.1 Å². The molecular formula is C18H28N2OS. The lowest BCUT2D eigenvalue weighted by atomic mass is 9.91. The molecule has 0 aromatic heterocycles. The van der Waals surface area contributed by atoms with Crippen LogP contribution in [-0.4, -0.2) is 35.9 Å². The second-order valence-corrected chi connectivity index (χ2v) is 7.53. The average molecular weight is 321 g/mol. The third kappa shape index (κ3) is 5.65. The van der Waals surface area contributed by atoms with E-state index in [1.807, 2.05) is 6.26 Å². The highest BCUT2D eigenvalue weighted by molar-refractivity contribution is 7.99. The number of carbonyl (C=O) groups excluding carboxylic acids is 1. The fourth-order valence-corrected chi connectivity index (χ4v) is 3.69. The number of piperidine rings is 1. The number of nitrogens with zero attached hydrogens (tertiary/aromatic N) is 1. The smallest absolute Gasteiger partial charge is 0.230 e. The first-order valence-electron chi connectivity index (χ1n) is 8.12. The van der Waals surface area contributed by atoms with Gasteiger partial charge >= 0.3 is 0 Å². The van der Waals surface area contributed by atoms with Gasteiger partial charge in [0.2, 0.25) is 5.91 Å². The fourth-order valence-electron chi connectivity index (χ4n) is 3.32. The summed E-state index contributed by atoms with van der Waals surface area (Å²) in [7, 11) is 0. The van der Waals surface area contributed by atoms with Crippen molar-refractivity contribution in [1.29, 1.82) is 0 Å². The lowest BCUT2D eigenvalue weighted by Gasteiger charge is -2.35. The molecule has 1 N–H and O–H groups in total. The summed E-state index contributed by atoms with van der Waals surface area (Å²) in [5.41, 5.74) is 2.53. The van der Waals surface area contributed by atoms with Crippen molar-refractivity contribution in [2.45, 2.75) is 33.4 Å². The van der Waals surface area contributed by atoms with Crippen LogP contribution in [0.3, 0.4) is 0 Å². The number of rotatable bonds is 6. The van der Waals surface area contributed by atoms with Crippen LogP contribution < -0.4 is 5.32 Å². The molecular weight excluding hydrogens is 292 g/mol. The second-order valence-electron chi connectivity index (χ2n) is 6.67. The highest BCUT2D eigenvalue weighted by atomic mass is 32.2. The Bertz CT molecular complexity index is 464. The number of benzene rings is 1. The van der Waals surface area contributed by atoms with E-state index in [1.165, 1.54) is 30.6 Å². The largest absolute Gasteiger partial charge is 0.351 e. The molecule has 1 heterocycles. The minimum Gasteiger partial charge on any atom is -0.351 e. The topological polar surface area (TPSA) is 32.3 Å². The van der Waals surface area contributed by atoms with Crippen LogP contribution in [0, 0.1) is 11.8 Å². The lowest BCUT2D eigenvalue weighted by Crippen LogP contribution is -2.38. The molecule has 122 valence electrons. The first-order valence-corrected chi connectivity index (χ1v) is 9.52. The van der Waals surface area contributed by atoms with Crippen molar-refractivity contribution in [2.24, 2.45) is 11.8 Å². The van der Waals surface area contributed by atoms with Crippen molar-refractivity contribution in [3.05, 3.63) is 35.4 Å². The number of likely N-dealkylation sites (tertiary alicyclic amines) is 1. The maximum atomic E-state index is 11.5. The summed E-state index contributed by atoms with van der Waals surface area (Å²) < 4.78 is 0. The summed E-state index contributed by atoms with van der Waals surface area (Å²) in [6, 6.07) is 8.65. The summed E-state index contributed by atoms with van der Waals surface area (Å²) in [5, 5.41) is 2.94. The molecule has 1 fully saturated rings. The number of hydrogen-bond acceptors (Lipinski definition) is 3. The van der Waals surface area contributed by atoms with Crippen molar-refractivity contribution >= 4 is 17.7 Å². The first kappa shape index (κ1) is 17.4. The molecule has 2 rings (SSSR count). The Morgan fingerprint density at radius 1 is 1.18 bits per heavy atom. The molecule has 0 saturated carbocycles. The highest BCUT2D eigenvalue weighted by Gasteiger charge is 2.21. The number of carbonyl (C=O) groups is 1. The highest BCUT2D eigenvalue weighted by Crippen LogP contribution is 2.22. The van der Waals surface area contributed by atoms with Gasteiger partial charge < -0.3 is 5.32 Å². The standard InChI is InChI=1S/C18H28N2OS/c1-14-8-15(2)11-20(10-14)12-17-6-4-16(5-7-17)9-19-18(21)13-22-3/h4-7,14-15H,8-13H2,1-3H3,(H,19,21). The van der Waals surface area contributed by atoms with Crippen LogP contribution in [0.2, 0.25) is 0 Å². The van der Waals surface area contributed by atoms with Crippen molar-refractivity contribution < 1.29 is 4.79 Å². The molecule has 4 heteroatoms. The zero-order valence-electron chi connectivity index (χ0n) is 14.0. The summed E-state index contributed by atoms with van der Waals surface area (Å²) >= 11 is 1.55. The van der Waals surface area contributed by atoms with Crippen LogP contribution in [0.4, 0.5) is 0 Å². The van der Waals surface area contributed by atoms with E-state index in [0.717, 1.165) is 18.4 Å². The Morgan fingerprint density at radius 3 is 2.36 bits per heavy atom. The fraction of sp³-hybridized carbons (Fsp3) is 0.611.